The van der Waals surface area contributed by atoms with Crippen LogP contribution in [0.2, 0.25) is 0 Å². The van der Waals surface area contributed by atoms with E-state index in [1.54, 1.807) is 20.8 Å². The van der Waals surface area contributed by atoms with Crippen molar-refractivity contribution in [1.29, 1.82) is 0 Å². The zero-order chi connectivity index (χ0) is 16.8. The zero-order valence-electron chi connectivity index (χ0n) is 14.9. The monoisotopic (exact) mass is 296 g/mol. The highest BCUT2D eigenvalue weighted by molar-refractivity contribution is 4.99. The van der Waals surface area contributed by atoms with Gasteiger partial charge in [-0.15, -0.1) is 0 Å². The first kappa shape index (κ1) is 22.1. The summed E-state index contributed by atoms with van der Waals surface area (Å²) in [7, 11) is 0. The van der Waals surface area contributed by atoms with Crippen molar-refractivity contribution in [2.24, 2.45) is 11.3 Å². The molecule has 3 heteroatoms. The summed E-state index contributed by atoms with van der Waals surface area (Å²) in [5.41, 5.74) is -4.53. The van der Waals surface area contributed by atoms with Crippen molar-refractivity contribution >= 4 is 0 Å². The van der Waals surface area contributed by atoms with Gasteiger partial charge in [-0.2, -0.15) is 0 Å². The Labute approximate surface area is 124 Å². The molecular weight excluding hydrogens is 261 g/mol. The van der Waals surface area contributed by atoms with E-state index >= 15 is 0 Å². The summed E-state index contributed by atoms with van der Waals surface area (Å²) in [6.07, 6.45) is -1.28. The molecule has 3 atom stereocenters. The Morgan fingerprint density at radius 2 is 1.35 bits per heavy atom. The van der Waals surface area contributed by atoms with Crippen LogP contribution in [0.1, 0.15) is 81.6 Å². The summed E-state index contributed by atoms with van der Waals surface area (Å²) in [6, 6.07) is 0. The summed E-state index contributed by atoms with van der Waals surface area (Å²) in [6.45, 7) is 15.8. The van der Waals surface area contributed by atoms with Gasteiger partial charge in [-0.05, 0) is 26.2 Å². The van der Waals surface area contributed by atoms with Crippen LogP contribution in [0.3, 0.4) is 0 Å². The van der Waals surface area contributed by atoms with Gasteiger partial charge >= 0.3 is 0 Å². The quantitative estimate of drug-likeness (QED) is 0.491. The van der Waals surface area contributed by atoms with Crippen LogP contribution in [0.4, 0.5) is 13.2 Å². The van der Waals surface area contributed by atoms with Crippen molar-refractivity contribution in [3.8, 4) is 0 Å². The molecule has 20 heavy (non-hydrogen) atoms. The predicted molar refractivity (Wildman–Crippen MR) is 83.4 cm³/mol. The van der Waals surface area contributed by atoms with E-state index in [4.69, 9.17) is 0 Å². The lowest BCUT2D eigenvalue weighted by Crippen LogP contribution is -2.48. The Morgan fingerprint density at radius 1 is 0.950 bits per heavy atom. The first-order chi connectivity index (χ1) is 8.88. The number of hydrogen-bond donors (Lipinski definition) is 0. The van der Waals surface area contributed by atoms with Crippen LogP contribution in [0.15, 0.2) is 0 Å². The summed E-state index contributed by atoms with van der Waals surface area (Å²) >= 11 is 0. The lowest BCUT2D eigenvalue weighted by molar-refractivity contribution is -0.0686. The minimum Gasteiger partial charge on any atom is -0.244 e. The van der Waals surface area contributed by atoms with E-state index in [1.165, 1.54) is 13.8 Å². The van der Waals surface area contributed by atoms with Crippen molar-refractivity contribution in [1.82, 2.24) is 0 Å². The van der Waals surface area contributed by atoms with Gasteiger partial charge in [-0.25, -0.2) is 13.2 Å². The smallest absolute Gasteiger partial charge is 0.142 e. The number of hydrogen-bond acceptors (Lipinski definition) is 0. The third-order valence-electron chi connectivity index (χ3n) is 4.66. The third kappa shape index (κ3) is 5.65. The highest BCUT2D eigenvalue weighted by atomic mass is 19.2. The summed E-state index contributed by atoms with van der Waals surface area (Å²) < 4.78 is 42.9. The lowest BCUT2D eigenvalue weighted by Gasteiger charge is -2.44. The Balaban J connectivity index is 0. The standard InChI is InChI=1S/C15H29F3.C2H6/c1-8-9-12(16)14(6,17)10-15(7,18)13(4,5)11(2)3;1-2/h11-12H,8-10H2,1-7H3;1-2H3. The highest BCUT2D eigenvalue weighted by Gasteiger charge is 2.50. The molecule has 0 rings (SSSR count). The fourth-order valence-corrected chi connectivity index (χ4v) is 2.14. The van der Waals surface area contributed by atoms with Crippen LogP contribution >= 0.6 is 0 Å². The summed E-state index contributed by atoms with van der Waals surface area (Å²) in [5, 5.41) is 0. The van der Waals surface area contributed by atoms with Crippen LogP contribution < -0.4 is 0 Å². The Kier molecular flexibility index (Phi) is 9.15. The van der Waals surface area contributed by atoms with E-state index in [0.29, 0.717) is 6.42 Å². The summed E-state index contributed by atoms with van der Waals surface area (Å²) in [4.78, 5) is 0. The van der Waals surface area contributed by atoms with Crippen LogP contribution in [0.25, 0.3) is 0 Å². The van der Waals surface area contributed by atoms with Gasteiger partial charge in [0, 0.05) is 11.8 Å². The normalized spacial score (nSPS) is 19.6. The lowest BCUT2D eigenvalue weighted by atomic mass is 9.65. The molecule has 0 amide bonds. The molecule has 0 saturated heterocycles. The maximum Gasteiger partial charge on any atom is 0.142 e. The van der Waals surface area contributed by atoms with Gasteiger partial charge in [0.1, 0.15) is 17.5 Å². The van der Waals surface area contributed by atoms with E-state index in [9.17, 15) is 13.2 Å². The zero-order valence-corrected chi connectivity index (χ0v) is 14.9. The molecule has 0 N–H and O–H groups in total. The largest absolute Gasteiger partial charge is 0.244 e. The van der Waals surface area contributed by atoms with Crippen LogP contribution in [0, 0.1) is 11.3 Å². The molecule has 3 unspecified atom stereocenters. The van der Waals surface area contributed by atoms with Crippen LogP contribution in [-0.4, -0.2) is 17.5 Å². The molecule has 0 aromatic heterocycles. The van der Waals surface area contributed by atoms with Crippen LogP contribution in [-0.2, 0) is 0 Å². The first-order valence-electron chi connectivity index (χ1n) is 7.90. The SMILES string of the molecule is CC.CCCC(F)C(C)(F)CC(C)(F)C(C)(C)C(C)C. The molecule has 0 aliphatic carbocycles. The van der Waals surface area contributed by atoms with Crippen molar-refractivity contribution in [2.45, 2.75) is 99.1 Å². The topological polar surface area (TPSA) is 0 Å². The molecule has 0 spiro atoms. The summed E-state index contributed by atoms with van der Waals surface area (Å²) in [5.74, 6) is 0.0625. The van der Waals surface area contributed by atoms with Gasteiger partial charge in [-0.1, -0.05) is 54.9 Å². The molecule has 0 aromatic carbocycles. The molecule has 0 radical (unpaired) electrons. The molecule has 0 aliphatic heterocycles. The molecule has 0 saturated carbocycles. The molecule has 0 aliphatic rings. The number of alkyl halides is 3. The minimum absolute atomic E-state index is 0.0625. The average molecular weight is 296 g/mol. The Hall–Kier alpha value is -0.210. The van der Waals surface area contributed by atoms with E-state index in [2.05, 4.69) is 0 Å². The van der Waals surface area contributed by atoms with Crippen molar-refractivity contribution < 1.29 is 13.2 Å². The fourth-order valence-electron chi connectivity index (χ4n) is 2.14. The van der Waals surface area contributed by atoms with Gasteiger partial charge in [-0.3, -0.25) is 0 Å². The number of halogens is 3. The predicted octanol–water partition coefficient (Wildman–Crippen LogP) is 6.68. The molecular formula is C17H35F3. The van der Waals surface area contributed by atoms with Gasteiger partial charge in [0.15, 0.2) is 0 Å². The molecule has 0 nitrogen and oxygen atoms in total. The third-order valence-corrected chi connectivity index (χ3v) is 4.66. The van der Waals surface area contributed by atoms with Gasteiger partial charge in [0.25, 0.3) is 0 Å². The van der Waals surface area contributed by atoms with E-state index < -0.39 is 29.3 Å². The molecule has 0 bridgehead atoms. The second-order valence-corrected chi connectivity index (χ2v) is 6.78. The maximum absolute atomic E-state index is 14.8. The van der Waals surface area contributed by atoms with Crippen molar-refractivity contribution in [3.05, 3.63) is 0 Å². The van der Waals surface area contributed by atoms with E-state index in [1.807, 2.05) is 27.7 Å². The van der Waals surface area contributed by atoms with Gasteiger partial charge in [0.2, 0.25) is 0 Å². The Morgan fingerprint density at radius 3 is 1.65 bits per heavy atom. The Bertz CT molecular complexity index is 255. The van der Waals surface area contributed by atoms with Crippen LogP contribution in [0.5, 0.6) is 0 Å². The van der Waals surface area contributed by atoms with Gasteiger partial charge in [0.05, 0.1) is 0 Å². The number of rotatable bonds is 7. The first-order valence-corrected chi connectivity index (χ1v) is 7.90. The molecule has 0 aromatic rings. The fraction of sp³-hybridized carbons (Fsp3) is 1.00. The second kappa shape index (κ2) is 8.29. The van der Waals surface area contributed by atoms with Crippen molar-refractivity contribution in [2.75, 3.05) is 0 Å². The maximum atomic E-state index is 14.8. The molecule has 124 valence electrons. The van der Waals surface area contributed by atoms with Gasteiger partial charge < -0.3 is 0 Å². The minimum atomic E-state index is -2.11. The highest BCUT2D eigenvalue weighted by Crippen LogP contribution is 2.47. The molecule has 0 fully saturated rings. The molecule has 0 heterocycles. The van der Waals surface area contributed by atoms with Crippen molar-refractivity contribution in [3.63, 3.8) is 0 Å². The van der Waals surface area contributed by atoms with E-state index in [-0.39, 0.29) is 12.3 Å². The average Bonchev–Trinajstić information content (AvgIpc) is 2.30. The second-order valence-electron chi connectivity index (χ2n) is 6.78. The van der Waals surface area contributed by atoms with E-state index in [0.717, 1.165) is 0 Å².